The number of hydrogen-bond donors (Lipinski definition) is 0. The topological polar surface area (TPSA) is 63.7 Å². The fourth-order valence-corrected chi connectivity index (χ4v) is 5.04. The van der Waals surface area contributed by atoms with E-state index in [1.807, 2.05) is 6.92 Å². The third-order valence-corrected chi connectivity index (χ3v) is 6.93. The summed E-state index contributed by atoms with van der Waals surface area (Å²) in [6.45, 7) is 1.55. The Hall–Kier alpha value is -2.12. The van der Waals surface area contributed by atoms with Crippen molar-refractivity contribution in [2.75, 3.05) is 18.1 Å². The average molecular weight is 426 g/mol. The predicted octanol–water partition coefficient (Wildman–Crippen LogP) is 3.38. The van der Waals surface area contributed by atoms with Crippen LogP contribution in [-0.2, 0) is 21.2 Å². The van der Waals surface area contributed by atoms with Gasteiger partial charge in [-0.05, 0) is 43.2 Å². The van der Waals surface area contributed by atoms with Crippen LogP contribution in [0.1, 0.15) is 17.5 Å². The van der Waals surface area contributed by atoms with Crippen molar-refractivity contribution < 1.29 is 22.3 Å². The summed E-state index contributed by atoms with van der Waals surface area (Å²) < 4.78 is 43.4. The molecular weight excluding hydrogens is 405 g/mol. The van der Waals surface area contributed by atoms with Crippen LogP contribution in [0.5, 0.6) is 5.75 Å². The molecule has 5 nitrogen and oxygen atoms in total. The number of ether oxygens (including phenoxy) is 1. The largest absolute Gasteiger partial charge is 0.484 e. The van der Waals surface area contributed by atoms with Gasteiger partial charge in [-0.25, -0.2) is 12.8 Å². The van der Waals surface area contributed by atoms with E-state index >= 15 is 0 Å². The second-order valence-corrected chi connectivity index (χ2v) is 9.51. The molecule has 0 radical (unpaired) electrons. The van der Waals surface area contributed by atoms with E-state index in [0.717, 1.165) is 5.56 Å². The Morgan fingerprint density at radius 2 is 2.04 bits per heavy atom. The number of aryl methyl sites for hydroxylation is 1. The van der Waals surface area contributed by atoms with Crippen molar-refractivity contribution >= 4 is 27.3 Å². The lowest BCUT2D eigenvalue weighted by molar-refractivity contribution is -0.136. The number of carbonyl (C=O) groups is 1. The van der Waals surface area contributed by atoms with Crippen LogP contribution in [0.3, 0.4) is 0 Å². The first-order chi connectivity index (χ1) is 13.2. The number of nitrogens with zero attached hydrogens (tertiary/aromatic N) is 1. The molecule has 0 spiro atoms. The van der Waals surface area contributed by atoms with Gasteiger partial charge in [0, 0.05) is 23.2 Å². The maximum atomic E-state index is 14.1. The minimum absolute atomic E-state index is 0.00526. The van der Waals surface area contributed by atoms with Crippen LogP contribution in [-0.4, -0.2) is 43.4 Å². The molecule has 1 unspecified atom stereocenters. The number of rotatable bonds is 6. The highest BCUT2D eigenvalue weighted by atomic mass is 35.5. The van der Waals surface area contributed by atoms with Gasteiger partial charge in [0.1, 0.15) is 11.6 Å². The Morgan fingerprint density at radius 3 is 2.68 bits per heavy atom. The molecule has 1 aliphatic heterocycles. The van der Waals surface area contributed by atoms with E-state index in [2.05, 4.69) is 0 Å². The minimum Gasteiger partial charge on any atom is -0.484 e. The summed E-state index contributed by atoms with van der Waals surface area (Å²) in [5.41, 5.74) is 1.15. The molecule has 0 bridgehead atoms. The number of benzene rings is 2. The third-order valence-electron chi connectivity index (χ3n) is 4.76. The lowest BCUT2D eigenvalue weighted by Crippen LogP contribution is -2.43. The van der Waals surface area contributed by atoms with E-state index in [-0.39, 0.29) is 24.7 Å². The monoisotopic (exact) mass is 425 g/mol. The maximum Gasteiger partial charge on any atom is 0.261 e. The van der Waals surface area contributed by atoms with E-state index in [1.165, 1.54) is 11.0 Å². The molecule has 1 aliphatic rings. The van der Waals surface area contributed by atoms with Crippen molar-refractivity contribution in [3.8, 4) is 5.75 Å². The molecule has 1 fully saturated rings. The molecule has 0 aliphatic carbocycles. The lowest BCUT2D eigenvalue weighted by atomic mass is 10.1. The highest BCUT2D eigenvalue weighted by molar-refractivity contribution is 7.91. The quantitative estimate of drug-likeness (QED) is 0.711. The molecule has 150 valence electrons. The Balaban J connectivity index is 1.76. The van der Waals surface area contributed by atoms with Gasteiger partial charge in [0.2, 0.25) is 0 Å². The fraction of sp³-hybridized carbons (Fsp3) is 0.350. The summed E-state index contributed by atoms with van der Waals surface area (Å²) in [4.78, 5) is 14.2. The molecule has 1 heterocycles. The number of halogens is 2. The smallest absolute Gasteiger partial charge is 0.261 e. The Morgan fingerprint density at radius 1 is 1.29 bits per heavy atom. The van der Waals surface area contributed by atoms with Gasteiger partial charge in [0.15, 0.2) is 16.4 Å². The van der Waals surface area contributed by atoms with E-state index in [0.29, 0.717) is 22.8 Å². The summed E-state index contributed by atoms with van der Waals surface area (Å²) in [5.74, 6) is -0.433. The van der Waals surface area contributed by atoms with E-state index < -0.39 is 27.6 Å². The van der Waals surface area contributed by atoms with Crippen molar-refractivity contribution in [2.24, 2.45) is 0 Å². The molecule has 2 aromatic carbocycles. The predicted molar refractivity (Wildman–Crippen MR) is 106 cm³/mol. The van der Waals surface area contributed by atoms with Crippen molar-refractivity contribution in [1.82, 2.24) is 4.90 Å². The van der Waals surface area contributed by atoms with Gasteiger partial charge >= 0.3 is 0 Å². The Labute approximate surface area is 169 Å². The van der Waals surface area contributed by atoms with Crippen molar-refractivity contribution in [3.63, 3.8) is 0 Å². The number of sulfone groups is 1. The van der Waals surface area contributed by atoms with Crippen LogP contribution in [0.25, 0.3) is 0 Å². The zero-order valence-corrected chi connectivity index (χ0v) is 17.0. The van der Waals surface area contributed by atoms with E-state index in [4.69, 9.17) is 16.3 Å². The number of hydrogen-bond acceptors (Lipinski definition) is 4. The van der Waals surface area contributed by atoms with Gasteiger partial charge in [0.25, 0.3) is 5.91 Å². The highest BCUT2D eigenvalue weighted by Crippen LogP contribution is 2.23. The zero-order chi connectivity index (χ0) is 20.3. The van der Waals surface area contributed by atoms with Crippen molar-refractivity contribution in [3.05, 3.63) is 64.4 Å². The molecule has 1 amide bonds. The second-order valence-electron chi connectivity index (χ2n) is 6.87. The van der Waals surface area contributed by atoms with Gasteiger partial charge in [0.05, 0.1) is 11.5 Å². The van der Waals surface area contributed by atoms with E-state index in [9.17, 15) is 17.6 Å². The Bertz CT molecular complexity index is 980. The van der Waals surface area contributed by atoms with Crippen LogP contribution in [0.2, 0.25) is 5.02 Å². The highest BCUT2D eigenvalue weighted by Gasteiger charge is 2.35. The molecule has 3 rings (SSSR count). The molecule has 28 heavy (non-hydrogen) atoms. The first-order valence-corrected chi connectivity index (χ1v) is 11.1. The molecule has 0 N–H and O–H groups in total. The van der Waals surface area contributed by atoms with Crippen LogP contribution in [0.4, 0.5) is 4.39 Å². The maximum absolute atomic E-state index is 14.1. The molecule has 2 aromatic rings. The molecule has 0 saturated carbocycles. The summed E-state index contributed by atoms with van der Waals surface area (Å²) in [6, 6.07) is 10.7. The van der Waals surface area contributed by atoms with Crippen LogP contribution in [0, 0.1) is 12.7 Å². The first-order valence-electron chi connectivity index (χ1n) is 8.87. The van der Waals surface area contributed by atoms with Crippen LogP contribution >= 0.6 is 11.6 Å². The van der Waals surface area contributed by atoms with Crippen molar-refractivity contribution in [2.45, 2.75) is 25.9 Å². The molecular formula is C20H21ClFNO4S. The molecule has 1 atom stereocenters. The van der Waals surface area contributed by atoms with Crippen LogP contribution in [0.15, 0.2) is 42.5 Å². The molecule has 1 saturated heterocycles. The number of carbonyl (C=O) groups excluding carboxylic acids is 1. The van der Waals surface area contributed by atoms with Gasteiger partial charge in [-0.2, -0.15) is 0 Å². The minimum atomic E-state index is -3.20. The van der Waals surface area contributed by atoms with Gasteiger partial charge in [-0.1, -0.05) is 29.8 Å². The molecule has 8 heteroatoms. The third kappa shape index (κ3) is 5.02. The SMILES string of the molecule is Cc1cc(OCC(=O)N(Cc2ccccc2F)C2CCS(=O)(=O)C2)ccc1Cl. The van der Waals surface area contributed by atoms with Crippen LogP contribution < -0.4 is 4.74 Å². The Kier molecular flexibility index (Phi) is 6.25. The second kappa shape index (κ2) is 8.49. The van der Waals surface area contributed by atoms with Crippen molar-refractivity contribution in [1.29, 1.82) is 0 Å². The van der Waals surface area contributed by atoms with Gasteiger partial charge in [-0.15, -0.1) is 0 Å². The van der Waals surface area contributed by atoms with E-state index in [1.54, 1.807) is 36.4 Å². The standard InChI is InChI=1S/C20H21ClFNO4S/c1-14-10-17(6-7-18(14)21)27-12-20(24)23(16-8-9-28(25,26)13-16)11-15-4-2-3-5-19(15)22/h2-7,10,16H,8-9,11-13H2,1H3. The summed E-state index contributed by atoms with van der Waals surface area (Å²) in [7, 11) is -3.20. The summed E-state index contributed by atoms with van der Waals surface area (Å²) >= 11 is 5.99. The summed E-state index contributed by atoms with van der Waals surface area (Å²) in [5, 5.41) is 0.594. The summed E-state index contributed by atoms with van der Waals surface area (Å²) in [6.07, 6.45) is 0.336. The average Bonchev–Trinajstić information content (AvgIpc) is 3.01. The lowest BCUT2D eigenvalue weighted by Gasteiger charge is -2.28. The normalized spacial score (nSPS) is 18.0. The van der Waals surface area contributed by atoms with Gasteiger partial charge < -0.3 is 9.64 Å². The first kappa shape index (κ1) is 20.6. The van der Waals surface area contributed by atoms with Gasteiger partial charge in [-0.3, -0.25) is 4.79 Å². The fourth-order valence-electron chi connectivity index (χ4n) is 3.19. The zero-order valence-electron chi connectivity index (χ0n) is 15.4. The molecule has 0 aromatic heterocycles. The number of amides is 1.